The van der Waals surface area contributed by atoms with E-state index in [1.54, 1.807) is 6.92 Å². The summed E-state index contributed by atoms with van der Waals surface area (Å²) >= 11 is 0. The van der Waals surface area contributed by atoms with Crippen LogP contribution in [0.3, 0.4) is 0 Å². The number of nitrogens with one attached hydrogen (secondary N) is 1. The van der Waals surface area contributed by atoms with Crippen LogP contribution in [0.15, 0.2) is 5.11 Å². The molecule has 0 radical (unpaired) electrons. The molecule has 7 heteroatoms. The molecule has 0 fully saturated rings. The van der Waals surface area contributed by atoms with Gasteiger partial charge in [-0.05, 0) is 19.4 Å². The molecular formula is C8H17N5O2. The van der Waals surface area contributed by atoms with E-state index in [0.29, 0.717) is 13.2 Å². The van der Waals surface area contributed by atoms with E-state index in [1.165, 1.54) is 0 Å². The molecule has 86 valence electrons. The monoisotopic (exact) mass is 215 g/mol. The third kappa shape index (κ3) is 5.21. The Hall–Kier alpha value is -1.30. The smallest absolute Gasteiger partial charge is 0.239 e. The largest absolute Gasteiger partial charge is 0.379 e. The number of nitrogens with two attached hydrogens (primary N) is 1. The molecule has 0 spiro atoms. The zero-order valence-electron chi connectivity index (χ0n) is 9.06. The van der Waals surface area contributed by atoms with Gasteiger partial charge < -0.3 is 15.8 Å². The molecule has 7 nitrogen and oxygen atoms in total. The molecule has 0 aliphatic heterocycles. The van der Waals surface area contributed by atoms with Crippen molar-refractivity contribution in [2.45, 2.75) is 19.4 Å². The first kappa shape index (κ1) is 13.7. The van der Waals surface area contributed by atoms with Gasteiger partial charge in [0.25, 0.3) is 0 Å². The standard InChI is InChI=1S/C8H17N5O2/c1-3-15-6-8(2,7(9)14)11-4-5-12-13-10/h11H,3-6H2,1-2H3,(H2,9,14). The molecule has 0 heterocycles. The molecule has 0 aliphatic rings. The van der Waals surface area contributed by atoms with Crippen LogP contribution in [-0.4, -0.2) is 37.7 Å². The molecule has 0 saturated heterocycles. The van der Waals surface area contributed by atoms with Crippen molar-refractivity contribution in [1.82, 2.24) is 5.32 Å². The van der Waals surface area contributed by atoms with E-state index < -0.39 is 11.4 Å². The van der Waals surface area contributed by atoms with Crippen molar-refractivity contribution in [3.05, 3.63) is 10.4 Å². The molecule has 0 rings (SSSR count). The first-order valence-electron chi connectivity index (χ1n) is 4.70. The predicted octanol–water partition coefficient (Wildman–Crippen LogP) is 0.167. The second kappa shape index (κ2) is 7.05. The normalized spacial score (nSPS) is 14.0. The number of amides is 1. The fourth-order valence-corrected chi connectivity index (χ4v) is 0.942. The highest BCUT2D eigenvalue weighted by molar-refractivity contribution is 5.84. The van der Waals surface area contributed by atoms with Crippen LogP contribution in [0.4, 0.5) is 0 Å². The van der Waals surface area contributed by atoms with Crippen LogP contribution in [0, 0.1) is 0 Å². The van der Waals surface area contributed by atoms with Crippen molar-refractivity contribution in [2.75, 3.05) is 26.3 Å². The summed E-state index contributed by atoms with van der Waals surface area (Å²) in [6, 6.07) is 0. The van der Waals surface area contributed by atoms with Crippen molar-refractivity contribution in [3.63, 3.8) is 0 Å². The van der Waals surface area contributed by atoms with Crippen LogP contribution in [0.5, 0.6) is 0 Å². The zero-order valence-corrected chi connectivity index (χ0v) is 9.06. The second-order valence-electron chi connectivity index (χ2n) is 3.21. The lowest BCUT2D eigenvalue weighted by Gasteiger charge is -2.26. The summed E-state index contributed by atoms with van der Waals surface area (Å²) in [5, 5.41) is 6.24. The number of azide groups is 1. The topological polar surface area (TPSA) is 113 Å². The number of primary amides is 1. The maximum atomic E-state index is 11.2. The third-order valence-electron chi connectivity index (χ3n) is 1.93. The molecule has 0 aromatic rings. The van der Waals surface area contributed by atoms with E-state index in [-0.39, 0.29) is 13.2 Å². The van der Waals surface area contributed by atoms with Gasteiger partial charge in [0, 0.05) is 24.6 Å². The Labute approximate surface area is 88.6 Å². The molecule has 0 bridgehead atoms. The highest BCUT2D eigenvalue weighted by Gasteiger charge is 2.30. The summed E-state index contributed by atoms with van der Waals surface area (Å²) in [7, 11) is 0. The highest BCUT2D eigenvalue weighted by atomic mass is 16.5. The number of hydrogen-bond acceptors (Lipinski definition) is 4. The molecule has 1 atom stereocenters. The van der Waals surface area contributed by atoms with Gasteiger partial charge in [-0.25, -0.2) is 0 Å². The number of hydrogen-bond donors (Lipinski definition) is 2. The van der Waals surface area contributed by atoms with Crippen LogP contribution in [0.1, 0.15) is 13.8 Å². The summed E-state index contributed by atoms with van der Waals surface area (Å²) in [5.41, 5.74) is 12.4. The van der Waals surface area contributed by atoms with Gasteiger partial charge in [0.05, 0.1) is 6.61 Å². The van der Waals surface area contributed by atoms with E-state index in [4.69, 9.17) is 16.0 Å². The Morgan fingerprint density at radius 1 is 1.73 bits per heavy atom. The van der Waals surface area contributed by atoms with E-state index in [0.717, 1.165) is 0 Å². The summed E-state index contributed by atoms with van der Waals surface area (Å²) in [6.45, 7) is 4.86. The molecule has 0 aromatic heterocycles. The molecule has 3 N–H and O–H groups in total. The fraction of sp³-hybridized carbons (Fsp3) is 0.875. The van der Waals surface area contributed by atoms with E-state index in [2.05, 4.69) is 15.3 Å². The predicted molar refractivity (Wildman–Crippen MR) is 56.1 cm³/mol. The van der Waals surface area contributed by atoms with Gasteiger partial charge in [-0.2, -0.15) is 0 Å². The van der Waals surface area contributed by atoms with E-state index >= 15 is 0 Å². The Morgan fingerprint density at radius 2 is 2.40 bits per heavy atom. The molecule has 0 saturated carbocycles. The first-order chi connectivity index (χ1) is 7.06. The van der Waals surface area contributed by atoms with Crippen LogP contribution in [0.2, 0.25) is 0 Å². The Bertz CT molecular complexity index is 251. The van der Waals surface area contributed by atoms with Gasteiger partial charge in [-0.3, -0.25) is 4.79 Å². The third-order valence-corrected chi connectivity index (χ3v) is 1.93. The molecular weight excluding hydrogens is 198 g/mol. The minimum atomic E-state index is -0.916. The maximum absolute atomic E-state index is 11.2. The van der Waals surface area contributed by atoms with Crippen molar-refractivity contribution in [1.29, 1.82) is 0 Å². The molecule has 0 aromatic carbocycles. The SMILES string of the molecule is CCOCC(C)(NCCN=[N+]=[N-])C(N)=O. The van der Waals surface area contributed by atoms with Gasteiger partial charge in [-0.15, -0.1) is 0 Å². The van der Waals surface area contributed by atoms with Gasteiger partial charge in [0.15, 0.2) is 0 Å². The number of nitrogens with zero attached hydrogens (tertiary/aromatic N) is 3. The van der Waals surface area contributed by atoms with Crippen LogP contribution < -0.4 is 11.1 Å². The van der Waals surface area contributed by atoms with Gasteiger partial charge >= 0.3 is 0 Å². The average Bonchev–Trinajstić information content (AvgIpc) is 2.21. The lowest BCUT2D eigenvalue weighted by molar-refractivity contribution is -0.126. The first-order valence-corrected chi connectivity index (χ1v) is 4.70. The van der Waals surface area contributed by atoms with Crippen molar-refractivity contribution >= 4 is 5.91 Å². The zero-order chi connectivity index (χ0) is 11.7. The quantitative estimate of drug-likeness (QED) is 0.260. The fourth-order valence-electron chi connectivity index (χ4n) is 0.942. The Balaban J connectivity index is 4.12. The number of rotatable bonds is 8. The van der Waals surface area contributed by atoms with Crippen LogP contribution in [0.25, 0.3) is 10.4 Å². The summed E-state index contributed by atoms with van der Waals surface area (Å²) in [4.78, 5) is 13.8. The van der Waals surface area contributed by atoms with Gasteiger partial charge in [-0.1, -0.05) is 5.11 Å². The van der Waals surface area contributed by atoms with Gasteiger partial charge in [0.1, 0.15) is 5.54 Å². The summed E-state index contributed by atoms with van der Waals surface area (Å²) < 4.78 is 5.15. The minimum absolute atomic E-state index is 0.203. The van der Waals surface area contributed by atoms with Crippen LogP contribution >= 0.6 is 0 Å². The molecule has 0 aliphatic carbocycles. The minimum Gasteiger partial charge on any atom is -0.379 e. The summed E-state index contributed by atoms with van der Waals surface area (Å²) in [5.74, 6) is -0.489. The lowest BCUT2D eigenvalue weighted by atomic mass is 10.0. The summed E-state index contributed by atoms with van der Waals surface area (Å²) in [6.07, 6.45) is 0. The lowest BCUT2D eigenvalue weighted by Crippen LogP contribution is -2.57. The van der Waals surface area contributed by atoms with E-state index in [1.807, 2.05) is 6.92 Å². The molecule has 15 heavy (non-hydrogen) atoms. The number of carbonyl (C=O) groups excluding carboxylic acids is 1. The number of ether oxygens (including phenoxy) is 1. The van der Waals surface area contributed by atoms with Crippen molar-refractivity contribution < 1.29 is 9.53 Å². The van der Waals surface area contributed by atoms with Crippen molar-refractivity contribution in [3.8, 4) is 0 Å². The molecule has 1 amide bonds. The average molecular weight is 215 g/mol. The van der Waals surface area contributed by atoms with Crippen molar-refractivity contribution in [2.24, 2.45) is 10.8 Å². The highest BCUT2D eigenvalue weighted by Crippen LogP contribution is 2.03. The van der Waals surface area contributed by atoms with E-state index in [9.17, 15) is 4.79 Å². The Kier molecular flexibility index (Phi) is 6.44. The van der Waals surface area contributed by atoms with Gasteiger partial charge in [0.2, 0.25) is 5.91 Å². The maximum Gasteiger partial charge on any atom is 0.239 e. The number of carbonyl (C=O) groups is 1. The Morgan fingerprint density at radius 3 is 2.87 bits per heavy atom. The molecule has 1 unspecified atom stereocenters. The van der Waals surface area contributed by atoms with Crippen LogP contribution in [-0.2, 0) is 9.53 Å². The second-order valence-corrected chi connectivity index (χ2v) is 3.21.